The molecule has 2 aromatic rings. The molecule has 0 aliphatic carbocycles. The molecule has 2 amide bonds. The molecule has 1 aliphatic rings. The number of pyridine rings is 1. The highest BCUT2D eigenvalue weighted by Gasteiger charge is 2.28. The smallest absolute Gasteiger partial charge is 0.309 e. The number of aromatic nitrogens is 1. The number of likely N-dealkylation sites (tertiary alicyclic amines) is 1. The van der Waals surface area contributed by atoms with Crippen molar-refractivity contribution in [1.82, 2.24) is 15.6 Å². The summed E-state index contributed by atoms with van der Waals surface area (Å²) in [5, 5.41) is 5.48. The number of quaternary nitrogens is 1. The minimum absolute atomic E-state index is 0.142. The average Bonchev–Trinajstić information content (AvgIpc) is 3.27. The number of hydrogen-bond acceptors (Lipinski definition) is 4. The predicted molar refractivity (Wildman–Crippen MR) is 113 cm³/mol. The minimum atomic E-state index is -0.619. The number of carbonyl (C=O) groups excluding carboxylic acids is 2. The molecule has 0 bridgehead atoms. The normalized spacial score (nSPS) is 15.0. The second kappa shape index (κ2) is 10.0. The van der Waals surface area contributed by atoms with E-state index in [9.17, 15) is 9.59 Å². The van der Waals surface area contributed by atoms with Crippen LogP contribution in [0.2, 0.25) is 0 Å². The van der Waals surface area contributed by atoms with Crippen molar-refractivity contribution in [3.05, 3.63) is 59.9 Å². The standard InChI is InChI=1S/C22H29N5O2/c1-26(2)19-9-7-18(8-10-19)20(27-12-3-4-13-27)16-25-22(29)21(28)24-15-17-6-5-11-23-14-17/h5-11,14,20H,3-4,12-13,15-16H2,1-2H3,(H,24,28)(H,25,29)/p+1/t20-/m0/s1. The molecule has 7 nitrogen and oxygen atoms in total. The molecule has 1 aromatic heterocycles. The Morgan fingerprint density at radius 2 is 1.76 bits per heavy atom. The maximum atomic E-state index is 12.3. The van der Waals surface area contributed by atoms with Crippen LogP contribution in [0.4, 0.5) is 5.69 Å². The first-order chi connectivity index (χ1) is 14.0. The van der Waals surface area contributed by atoms with Gasteiger partial charge in [-0.05, 0) is 23.8 Å². The summed E-state index contributed by atoms with van der Waals surface area (Å²) in [6, 6.07) is 12.2. The Balaban J connectivity index is 1.59. The van der Waals surface area contributed by atoms with E-state index in [1.165, 1.54) is 23.3 Å². The third kappa shape index (κ3) is 5.77. The van der Waals surface area contributed by atoms with Crippen molar-refractivity contribution in [1.29, 1.82) is 0 Å². The van der Waals surface area contributed by atoms with Crippen LogP contribution in [0, 0.1) is 0 Å². The Bertz CT molecular complexity index is 802. The topological polar surface area (TPSA) is 78.8 Å². The van der Waals surface area contributed by atoms with Crippen molar-refractivity contribution in [3.63, 3.8) is 0 Å². The van der Waals surface area contributed by atoms with Crippen molar-refractivity contribution in [2.75, 3.05) is 38.6 Å². The van der Waals surface area contributed by atoms with Crippen LogP contribution in [0.1, 0.15) is 30.0 Å². The van der Waals surface area contributed by atoms with Gasteiger partial charge in [0.1, 0.15) is 6.04 Å². The quantitative estimate of drug-likeness (QED) is 0.589. The molecule has 2 heterocycles. The van der Waals surface area contributed by atoms with Crippen molar-refractivity contribution in [2.24, 2.45) is 0 Å². The van der Waals surface area contributed by atoms with Crippen molar-refractivity contribution in [2.45, 2.75) is 25.4 Å². The van der Waals surface area contributed by atoms with Gasteiger partial charge in [-0.1, -0.05) is 18.2 Å². The van der Waals surface area contributed by atoms with Gasteiger partial charge in [-0.2, -0.15) is 0 Å². The van der Waals surface area contributed by atoms with Crippen LogP contribution in [0.15, 0.2) is 48.8 Å². The Labute approximate surface area is 172 Å². The van der Waals surface area contributed by atoms with E-state index in [0.29, 0.717) is 6.54 Å². The summed E-state index contributed by atoms with van der Waals surface area (Å²) in [5.74, 6) is -1.21. The highest BCUT2D eigenvalue weighted by atomic mass is 16.2. The number of anilines is 1. The number of nitrogens with zero attached hydrogens (tertiary/aromatic N) is 2. The summed E-state index contributed by atoms with van der Waals surface area (Å²) in [4.78, 5) is 32.0. The molecule has 0 radical (unpaired) electrons. The summed E-state index contributed by atoms with van der Waals surface area (Å²) < 4.78 is 0. The Morgan fingerprint density at radius 3 is 2.38 bits per heavy atom. The van der Waals surface area contributed by atoms with Crippen molar-refractivity contribution in [3.8, 4) is 0 Å². The highest BCUT2D eigenvalue weighted by molar-refractivity contribution is 6.35. The third-order valence-corrected chi connectivity index (χ3v) is 5.40. The zero-order valence-corrected chi connectivity index (χ0v) is 17.1. The van der Waals surface area contributed by atoms with Gasteiger partial charge in [0.2, 0.25) is 0 Å². The van der Waals surface area contributed by atoms with Gasteiger partial charge >= 0.3 is 11.8 Å². The first-order valence-corrected chi connectivity index (χ1v) is 10.1. The number of rotatable bonds is 7. The lowest BCUT2D eigenvalue weighted by Crippen LogP contribution is -3.11. The molecule has 0 saturated carbocycles. The Kier molecular flexibility index (Phi) is 7.19. The summed E-state index contributed by atoms with van der Waals surface area (Å²) in [6.07, 6.45) is 5.73. The Hall–Kier alpha value is -2.93. The fourth-order valence-electron chi connectivity index (χ4n) is 3.72. The maximum absolute atomic E-state index is 12.3. The number of hydrogen-bond donors (Lipinski definition) is 3. The van der Waals surface area contributed by atoms with Gasteiger partial charge in [0.05, 0.1) is 19.6 Å². The molecular weight excluding hydrogens is 366 g/mol. The Morgan fingerprint density at radius 1 is 1.07 bits per heavy atom. The van der Waals surface area contributed by atoms with E-state index in [-0.39, 0.29) is 12.6 Å². The van der Waals surface area contributed by atoms with Gasteiger partial charge in [-0.25, -0.2) is 0 Å². The van der Waals surface area contributed by atoms with E-state index in [0.717, 1.165) is 24.3 Å². The van der Waals surface area contributed by atoms with E-state index in [2.05, 4.69) is 44.8 Å². The van der Waals surface area contributed by atoms with E-state index in [4.69, 9.17) is 0 Å². The SMILES string of the molecule is CN(C)c1ccc([C@H](CNC(=O)C(=O)NCc2cccnc2)[NH+]2CCCC2)cc1. The zero-order valence-electron chi connectivity index (χ0n) is 17.1. The first-order valence-electron chi connectivity index (χ1n) is 10.1. The number of nitrogens with one attached hydrogen (secondary N) is 3. The van der Waals surface area contributed by atoms with Crippen LogP contribution >= 0.6 is 0 Å². The van der Waals surface area contributed by atoms with E-state index < -0.39 is 11.8 Å². The number of amides is 2. The van der Waals surface area contributed by atoms with Crippen LogP contribution < -0.4 is 20.4 Å². The summed E-state index contributed by atoms with van der Waals surface area (Å²) in [6.45, 7) is 2.90. The van der Waals surface area contributed by atoms with Gasteiger partial charge < -0.3 is 20.4 Å². The molecule has 3 N–H and O–H groups in total. The number of benzene rings is 1. The first kappa shape index (κ1) is 20.8. The molecule has 7 heteroatoms. The largest absolute Gasteiger partial charge is 0.378 e. The molecule has 1 aromatic carbocycles. The van der Waals surface area contributed by atoms with Crippen molar-refractivity contribution < 1.29 is 14.5 Å². The summed E-state index contributed by atoms with van der Waals surface area (Å²) >= 11 is 0. The van der Waals surface area contributed by atoms with Crippen LogP contribution in [0.5, 0.6) is 0 Å². The van der Waals surface area contributed by atoms with Crippen LogP contribution in [-0.2, 0) is 16.1 Å². The van der Waals surface area contributed by atoms with Gasteiger partial charge in [0.25, 0.3) is 0 Å². The van der Waals surface area contributed by atoms with Gasteiger partial charge in [-0.15, -0.1) is 0 Å². The average molecular weight is 397 g/mol. The van der Waals surface area contributed by atoms with Crippen LogP contribution in [-0.4, -0.2) is 50.5 Å². The molecular formula is C22H30N5O2+. The van der Waals surface area contributed by atoms with E-state index >= 15 is 0 Å². The summed E-state index contributed by atoms with van der Waals surface area (Å²) in [7, 11) is 4.03. The predicted octanol–water partition coefficient (Wildman–Crippen LogP) is 0.300. The molecule has 154 valence electrons. The van der Waals surface area contributed by atoms with Crippen LogP contribution in [0.25, 0.3) is 0 Å². The molecule has 1 saturated heterocycles. The lowest BCUT2D eigenvalue weighted by Gasteiger charge is -2.25. The van der Waals surface area contributed by atoms with Gasteiger partial charge in [0, 0.05) is 57.1 Å². The molecule has 1 aliphatic heterocycles. The lowest BCUT2D eigenvalue weighted by molar-refractivity contribution is -0.918. The van der Waals surface area contributed by atoms with Crippen molar-refractivity contribution >= 4 is 17.5 Å². The van der Waals surface area contributed by atoms with Gasteiger partial charge in [0.15, 0.2) is 0 Å². The third-order valence-electron chi connectivity index (χ3n) is 5.40. The van der Waals surface area contributed by atoms with Gasteiger partial charge in [-0.3, -0.25) is 14.6 Å². The van der Waals surface area contributed by atoms with E-state index in [1.54, 1.807) is 18.5 Å². The number of carbonyl (C=O) groups is 2. The zero-order chi connectivity index (χ0) is 20.6. The fourth-order valence-corrected chi connectivity index (χ4v) is 3.72. The summed E-state index contributed by atoms with van der Waals surface area (Å²) in [5.41, 5.74) is 3.18. The maximum Gasteiger partial charge on any atom is 0.309 e. The molecule has 0 unspecified atom stereocenters. The molecule has 3 rings (SSSR count). The lowest BCUT2D eigenvalue weighted by atomic mass is 10.0. The molecule has 1 fully saturated rings. The second-order valence-corrected chi connectivity index (χ2v) is 7.66. The molecule has 29 heavy (non-hydrogen) atoms. The second-order valence-electron chi connectivity index (χ2n) is 7.66. The van der Waals surface area contributed by atoms with Crippen LogP contribution in [0.3, 0.4) is 0 Å². The molecule has 0 spiro atoms. The highest BCUT2D eigenvalue weighted by Crippen LogP contribution is 2.17. The monoisotopic (exact) mass is 396 g/mol. The fraction of sp³-hybridized carbons (Fsp3) is 0.409. The van der Waals surface area contributed by atoms with E-state index in [1.807, 2.05) is 20.2 Å². The minimum Gasteiger partial charge on any atom is -0.378 e. The molecule has 1 atom stereocenters.